The number of piperidine rings is 1. The Hall–Kier alpha value is -1.60. The molecule has 1 amide bonds. The summed E-state index contributed by atoms with van der Waals surface area (Å²) < 4.78 is 26.9. The van der Waals surface area contributed by atoms with Gasteiger partial charge in [-0.2, -0.15) is 0 Å². The average molecular weight is 311 g/mol. The molecule has 21 heavy (non-hydrogen) atoms. The molecule has 1 heterocycles. The molecule has 116 valence electrons. The fourth-order valence-corrected chi connectivity index (χ4v) is 3.66. The van der Waals surface area contributed by atoms with Gasteiger partial charge in [-0.25, -0.2) is 13.1 Å². The smallest absolute Gasteiger partial charge is 0.241 e. The molecule has 0 saturated carbocycles. The second-order valence-electron chi connectivity index (χ2n) is 5.24. The lowest BCUT2D eigenvalue weighted by atomic mass is 10.1. The zero-order valence-corrected chi connectivity index (χ0v) is 12.9. The summed E-state index contributed by atoms with van der Waals surface area (Å²) in [7, 11) is -3.72. The molecule has 1 aromatic carbocycles. The third kappa shape index (κ3) is 3.74. The van der Waals surface area contributed by atoms with Crippen LogP contribution in [-0.2, 0) is 14.8 Å². The maximum Gasteiger partial charge on any atom is 0.241 e. The van der Waals surface area contributed by atoms with E-state index in [1.807, 2.05) is 0 Å². The molecule has 2 rings (SSSR count). The number of carbonyl (C=O) groups excluding carboxylic acids is 1. The van der Waals surface area contributed by atoms with E-state index in [1.54, 1.807) is 24.0 Å². The number of nitrogens with zero attached hydrogens (tertiary/aromatic N) is 1. The van der Waals surface area contributed by atoms with E-state index in [-0.39, 0.29) is 17.3 Å². The molecule has 1 aliphatic heterocycles. The maximum absolute atomic E-state index is 12.3. The van der Waals surface area contributed by atoms with Crippen LogP contribution in [0.1, 0.15) is 24.8 Å². The minimum atomic E-state index is -3.72. The molecule has 0 atom stereocenters. The first-order chi connectivity index (χ1) is 9.92. The molecule has 0 radical (unpaired) electrons. The van der Waals surface area contributed by atoms with Gasteiger partial charge in [0.15, 0.2) is 0 Å². The van der Waals surface area contributed by atoms with Crippen molar-refractivity contribution in [1.82, 2.24) is 9.62 Å². The van der Waals surface area contributed by atoms with Gasteiger partial charge in [0.05, 0.1) is 11.4 Å². The van der Waals surface area contributed by atoms with Crippen molar-refractivity contribution >= 4 is 21.6 Å². The second-order valence-corrected chi connectivity index (χ2v) is 6.97. The van der Waals surface area contributed by atoms with Gasteiger partial charge < -0.3 is 10.6 Å². The number of hydrogen-bond donors (Lipinski definition) is 2. The first kappa shape index (κ1) is 15.8. The summed E-state index contributed by atoms with van der Waals surface area (Å²) >= 11 is 0. The summed E-state index contributed by atoms with van der Waals surface area (Å²) in [6, 6.07) is 4.72. The van der Waals surface area contributed by atoms with Gasteiger partial charge in [0, 0.05) is 18.8 Å². The largest absolute Gasteiger partial charge is 0.398 e. The lowest BCUT2D eigenvalue weighted by Gasteiger charge is -2.26. The van der Waals surface area contributed by atoms with Crippen molar-refractivity contribution in [2.75, 3.05) is 25.4 Å². The van der Waals surface area contributed by atoms with Crippen LogP contribution in [0.2, 0.25) is 0 Å². The molecular weight excluding hydrogens is 290 g/mol. The van der Waals surface area contributed by atoms with Gasteiger partial charge in [0.1, 0.15) is 0 Å². The van der Waals surface area contributed by atoms with Crippen molar-refractivity contribution in [3.63, 3.8) is 0 Å². The maximum atomic E-state index is 12.3. The number of benzene rings is 1. The Morgan fingerprint density at radius 1 is 1.29 bits per heavy atom. The van der Waals surface area contributed by atoms with Gasteiger partial charge in [0.2, 0.25) is 15.9 Å². The van der Waals surface area contributed by atoms with E-state index in [1.165, 1.54) is 6.07 Å². The Balaban J connectivity index is 2.04. The van der Waals surface area contributed by atoms with E-state index in [2.05, 4.69) is 4.72 Å². The molecule has 0 spiro atoms. The summed E-state index contributed by atoms with van der Waals surface area (Å²) in [4.78, 5) is 13.8. The van der Waals surface area contributed by atoms with Crippen molar-refractivity contribution in [3.8, 4) is 0 Å². The second kappa shape index (κ2) is 6.44. The zero-order valence-electron chi connectivity index (χ0n) is 12.1. The first-order valence-corrected chi connectivity index (χ1v) is 8.52. The summed E-state index contributed by atoms with van der Waals surface area (Å²) in [6.07, 6.45) is 3.08. The van der Waals surface area contributed by atoms with E-state index in [4.69, 9.17) is 5.73 Å². The van der Waals surface area contributed by atoms with Gasteiger partial charge in [-0.3, -0.25) is 4.79 Å². The van der Waals surface area contributed by atoms with Crippen molar-refractivity contribution in [1.29, 1.82) is 0 Å². The quantitative estimate of drug-likeness (QED) is 0.807. The van der Waals surface area contributed by atoms with Crippen LogP contribution in [0.4, 0.5) is 5.69 Å². The van der Waals surface area contributed by atoms with Crippen LogP contribution >= 0.6 is 0 Å². The van der Waals surface area contributed by atoms with Crippen LogP contribution in [0.5, 0.6) is 0 Å². The van der Waals surface area contributed by atoms with Gasteiger partial charge in [-0.15, -0.1) is 0 Å². The number of nitrogen functional groups attached to an aromatic ring is 1. The number of nitrogens with one attached hydrogen (secondary N) is 1. The van der Waals surface area contributed by atoms with Crippen molar-refractivity contribution in [2.24, 2.45) is 0 Å². The molecule has 0 bridgehead atoms. The van der Waals surface area contributed by atoms with Crippen LogP contribution in [0.15, 0.2) is 23.1 Å². The summed E-state index contributed by atoms with van der Waals surface area (Å²) in [6.45, 7) is 2.85. The summed E-state index contributed by atoms with van der Waals surface area (Å²) in [5.41, 5.74) is 6.64. The Bertz CT molecular complexity index is 622. The number of rotatable bonds is 4. The summed E-state index contributed by atoms with van der Waals surface area (Å²) in [5.74, 6) is -0.181. The normalized spacial score (nSPS) is 16.0. The first-order valence-electron chi connectivity index (χ1n) is 7.04. The molecule has 1 aromatic rings. The number of sulfonamides is 1. The van der Waals surface area contributed by atoms with Gasteiger partial charge >= 0.3 is 0 Å². The highest BCUT2D eigenvalue weighted by Crippen LogP contribution is 2.20. The van der Waals surface area contributed by atoms with E-state index in [0.717, 1.165) is 19.3 Å². The minimum Gasteiger partial charge on any atom is -0.398 e. The number of likely N-dealkylation sites (tertiary alicyclic amines) is 1. The summed E-state index contributed by atoms with van der Waals surface area (Å²) in [5, 5.41) is 0. The molecule has 6 nitrogen and oxygen atoms in total. The Kier molecular flexibility index (Phi) is 4.84. The van der Waals surface area contributed by atoms with Crippen LogP contribution in [0.3, 0.4) is 0 Å². The number of anilines is 1. The molecule has 1 aliphatic rings. The number of hydrogen-bond acceptors (Lipinski definition) is 4. The highest BCUT2D eigenvalue weighted by atomic mass is 32.2. The van der Waals surface area contributed by atoms with Crippen molar-refractivity contribution in [3.05, 3.63) is 23.8 Å². The minimum absolute atomic E-state index is 0.119. The van der Waals surface area contributed by atoms with Gasteiger partial charge in [0.25, 0.3) is 0 Å². The van der Waals surface area contributed by atoms with Crippen LogP contribution in [0, 0.1) is 6.92 Å². The number of carbonyl (C=O) groups is 1. The number of amides is 1. The average Bonchev–Trinajstić information content (AvgIpc) is 2.48. The zero-order chi connectivity index (χ0) is 15.5. The number of nitrogens with two attached hydrogens (primary N) is 1. The van der Waals surface area contributed by atoms with E-state index in [9.17, 15) is 13.2 Å². The molecule has 7 heteroatoms. The van der Waals surface area contributed by atoms with Crippen molar-refractivity contribution < 1.29 is 13.2 Å². The molecule has 3 N–H and O–H groups in total. The Morgan fingerprint density at radius 3 is 2.62 bits per heavy atom. The lowest BCUT2D eigenvalue weighted by molar-refractivity contribution is -0.130. The van der Waals surface area contributed by atoms with Crippen molar-refractivity contribution in [2.45, 2.75) is 31.1 Å². The molecule has 0 aliphatic carbocycles. The third-order valence-electron chi connectivity index (χ3n) is 3.74. The van der Waals surface area contributed by atoms with E-state index in [0.29, 0.717) is 24.3 Å². The SMILES string of the molecule is Cc1c(N)cccc1S(=O)(=O)NCC(=O)N1CCCCC1. The Morgan fingerprint density at radius 2 is 1.95 bits per heavy atom. The van der Waals surface area contributed by atoms with Crippen LogP contribution in [0.25, 0.3) is 0 Å². The predicted octanol–water partition coefficient (Wildman–Crippen LogP) is 0.868. The van der Waals surface area contributed by atoms with E-state index < -0.39 is 10.0 Å². The molecule has 0 aromatic heterocycles. The standard InChI is InChI=1S/C14H21N3O3S/c1-11-12(15)6-5-7-13(11)21(19,20)16-10-14(18)17-8-3-2-4-9-17/h5-7,16H,2-4,8-10,15H2,1H3. The third-order valence-corrected chi connectivity index (χ3v) is 5.28. The highest BCUT2D eigenvalue weighted by molar-refractivity contribution is 7.89. The van der Waals surface area contributed by atoms with E-state index >= 15 is 0 Å². The molecular formula is C14H21N3O3S. The lowest BCUT2D eigenvalue weighted by Crippen LogP contribution is -2.42. The molecule has 1 fully saturated rings. The highest BCUT2D eigenvalue weighted by Gasteiger charge is 2.21. The van der Waals surface area contributed by atoms with Gasteiger partial charge in [-0.05, 0) is 43.9 Å². The fraction of sp³-hybridized carbons (Fsp3) is 0.500. The van der Waals surface area contributed by atoms with Gasteiger partial charge in [-0.1, -0.05) is 6.07 Å². The van der Waals surface area contributed by atoms with Crippen LogP contribution in [-0.4, -0.2) is 38.9 Å². The molecule has 1 saturated heterocycles. The van der Waals surface area contributed by atoms with Crippen LogP contribution < -0.4 is 10.5 Å². The fourth-order valence-electron chi connectivity index (χ4n) is 2.41. The predicted molar refractivity (Wildman–Crippen MR) is 81.2 cm³/mol. The monoisotopic (exact) mass is 311 g/mol. The molecule has 0 unspecified atom stereocenters. The Labute approximate surface area is 125 Å². The topological polar surface area (TPSA) is 92.5 Å².